The number of aryl methyl sites for hydroxylation is 2. The largest absolute Gasteiger partial charge is 0.399 e. The molecule has 0 aliphatic carbocycles. The molecule has 2 aromatic rings. The highest BCUT2D eigenvalue weighted by atomic mass is 15.0. The van der Waals surface area contributed by atoms with Crippen LogP contribution in [0.3, 0.4) is 0 Å². The molecule has 17 heavy (non-hydrogen) atoms. The summed E-state index contributed by atoms with van der Waals surface area (Å²) in [5.41, 5.74) is 8.56. The normalized spacial score (nSPS) is 10.2. The first-order chi connectivity index (χ1) is 8.13. The van der Waals surface area contributed by atoms with Gasteiger partial charge in [-0.25, -0.2) is 9.97 Å². The van der Waals surface area contributed by atoms with Gasteiger partial charge in [-0.15, -0.1) is 0 Å². The van der Waals surface area contributed by atoms with Crippen LogP contribution in [0.4, 0.5) is 11.5 Å². The maximum atomic E-state index is 5.63. The third-order valence-electron chi connectivity index (χ3n) is 2.42. The summed E-state index contributed by atoms with van der Waals surface area (Å²) in [4.78, 5) is 8.55. The van der Waals surface area contributed by atoms with Crippen LogP contribution in [0.15, 0.2) is 30.3 Å². The van der Waals surface area contributed by atoms with Crippen molar-refractivity contribution in [2.75, 3.05) is 11.1 Å². The Morgan fingerprint density at radius 3 is 2.47 bits per heavy atom. The van der Waals surface area contributed by atoms with E-state index in [2.05, 4.69) is 15.3 Å². The molecule has 0 unspecified atom stereocenters. The van der Waals surface area contributed by atoms with E-state index in [4.69, 9.17) is 5.73 Å². The molecule has 0 aliphatic rings. The van der Waals surface area contributed by atoms with E-state index in [1.54, 1.807) is 0 Å². The number of nitrogens with one attached hydrogen (secondary N) is 1. The number of nitrogens with zero attached hydrogens (tertiary/aromatic N) is 2. The fourth-order valence-electron chi connectivity index (χ4n) is 1.64. The lowest BCUT2D eigenvalue weighted by atomic mass is 10.2. The fourth-order valence-corrected chi connectivity index (χ4v) is 1.64. The van der Waals surface area contributed by atoms with E-state index in [9.17, 15) is 0 Å². The van der Waals surface area contributed by atoms with Crippen LogP contribution < -0.4 is 11.1 Å². The number of anilines is 2. The topological polar surface area (TPSA) is 63.8 Å². The average molecular weight is 228 g/mol. The molecule has 0 saturated carbocycles. The van der Waals surface area contributed by atoms with Crippen molar-refractivity contribution < 1.29 is 0 Å². The van der Waals surface area contributed by atoms with E-state index in [0.717, 1.165) is 29.6 Å². The third-order valence-corrected chi connectivity index (χ3v) is 2.42. The van der Waals surface area contributed by atoms with Crippen molar-refractivity contribution in [3.63, 3.8) is 0 Å². The second-order valence-corrected chi connectivity index (χ2v) is 4.04. The number of aromatic nitrogens is 2. The summed E-state index contributed by atoms with van der Waals surface area (Å²) in [6, 6.07) is 9.73. The minimum Gasteiger partial charge on any atom is -0.399 e. The summed E-state index contributed by atoms with van der Waals surface area (Å²) in [7, 11) is 0. The molecule has 88 valence electrons. The Hall–Kier alpha value is -2.10. The maximum Gasteiger partial charge on any atom is 0.130 e. The molecule has 0 fully saturated rings. The molecule has 0 spiro atoms. The minimum atomic E-state index is 0.732. The highest BCUT2D eigenvalue weighted by Gasteiger charge is 1.98. The standard InChI is InChI=1S/C13H16N4/c1-9-7-13(17-10(2)16-9)15-8-11-3-5-12(14)6-4-11/h3-7H,8,14H2,1-2H3,(H,15,16,17). The number of benzene rings is 1. The van der Waals surface area contributed by atoms with E-state index in [1.165, 1.54) is 5.56 Å². The summed E-state index contributed by atoms with van der Waals surface area (Å²) in [6.07, 6.45) is 0. The second kappa shape index (κ2) is 4.82. The van der Waals surface area contributed by atoms with Crippen LogP contribution in [-0.4, -0.2) is 9.97 Å². The van der Waals surface area contributed by atoms with Crippen LogP contribution in [-0.2, 0) is 6.54 Å². The fraction of sp³-hybridized carbons (Fsp3) is 0.231. The summed E-state index contributed by atoms with van der Waals surface area (Å²) >= 11 is 0. The summed E-state index contributed by atoms with van der Waals surface area (Å²) in [5.74, 6) is 1.64. The van der Waals surface area contributed by atoms with Gasteiger partial charge in [0.05, 0.1) is 0 Å². The van der Waals surface area contributed by atoms with Crippen molar-refractivity contribution in [1.82, 2.24) is 9.97 Å². The molecule has 2 rings (SSSR count). The van der Waals surface area contributed by atoms with Gasteiger partial charge in [-0.2, -0.15) is 0 Å². The Labute approximate surface area is 101 Å². The van der Waals surface area contributed by atoms with Crippen LogP contribution in [0.5, 0.6) is 0 Å². The smallest absolute Gasteiger partial charge is 0.130 e. The van der Waals surface area contributed by atoms with Gasteiger partial charge >= 0.3 is 0 Å². The molecule has 0 radical (unpaired) electrons. The Kier molecular flexibility index (Phi) is 3.23. The van der Waals surface area contributed by atoms with Gasteiger partial charge in [0.25, 0.3) is 0 Å². The molecule has 1 aromatic carbocycles. The van der Waals surface area contributed by atoms with Gasteiger partial charge in [0.15, 0.2) is 0 Å². The molecule has 3 N–H and O–H groups in total. The molecule has 4 heteroatoms. The van der Waals surface area contributed by atoms with E-state index < -0.39 is 0 Å². The molecule has 1 heterocycles. The van der Waals surface area contributed by atoms with Gasteiger partial charge in [-0.1, -0.05) is 12.1 Å². The molecule has 0 amide bonds. The van der Waals surface area contributed by atoms with Gasteiger partial charge in [0.2, 0.25) is 0 Å². The van der Waals surface area contributed by atoms with Crippen molar-refractivity contribution in [1.29, 1.82) is 0 Å². The van der Waals surface area contributed by atoms with Crippen LogP contribution in [0.1, 0.15) is 17.1 Å². The predicted octanol–water partition coefficient (Wildman–Crippen LogP) is 2.29. The summed E-state index contributed by atoms with van der Waals surface area (Å²) < 4.78 is 0. The van der Waals surface area contributed by atoms with Gasteiger partial charge in [0.1, 0.15) is 11.6 Å². The Morgan fingerprint density at radius 2 is 1.82 bits per heavy atom. The quantitative estimate of drug-likeness (QED) is 0.791. The van der Waals surface area contributed by atoms with Gasteiger partial charge < -0.3 is 11.1 Å². The van der Waals surface area contributed by atoms with Crippen molar-refractivity contribution >= 4 is 11.5 Å². The van der Waals surface area contributed by atoms with E-state index >= 15 is 0 Å². The van der Waals surface area contributed by atoms with Gasteiger partial charge in [-0.05, 0) is 31.5 Å². The lowest BCUT2D eigenvalue weighted by molar-refractivity contribution is 0.992. The summed E-state index contributed by atoms with van der Waals surface area (Å²) in [5, 5.41) is 3.27. The number of nitrogen functional groups attached to an aromatic ring is 1. The molecular formula is C13H16N4. The highest BCUT2D eigenvalue weighted by Crippen LogP contribution is 2.10. The second-order valence-electron chi connectivity index (χ2n) is 4.04. The molecule has 0 saturated heterocycles. The molecule has 0 bridgehead atoms. The number of nitrogens with two attached hydrogens (primary N) is 1. The van der Waals surface area contributed by atoms with E-state index in [1.807, 2.05) is 44.2 Å². The Bertz CT molecular complexity index is 485. The number of rotatable bonds is 3. The van der Waals surface area contributed by atoms with Crippen molar-refractivity contribution in [3.05, 3.63) is 47.4 Å². The lowest BCUT2D eigenvalue weighted by Crippen LogP contribution is -2.03. The Morgan fingerprint density at radius 1 is 1.12 bits per heavy atom. The highest BCUT2D eigenvalue weighted by molar-refractivity contribution is 5.41. The molecule has 0 atom stereocenters. The molecule has 1 aromatic heterocycles. The number of hydrogen-bond donors (Lipinski definition) is 2. The van der Waals surface area contributed by atoms with Crippen LogP contribution >= 0.6 is 0 Å². The van der Waals surface area contributed by atoms with Gasteiger partial charge in [-0.3, -0.25) is 0 Å². The van der Waals surface area contributed by atoms with E-state index in [-0.39, 0.29) is 0 Å². The van der Waals surface area contributed by atoms with Crippen molar-refractivity contribution in [2.45, 2.75) is 20.4 Å². The zero-order chi connectivity index (χ0) is 12.3. The predicted molar refractivity (Wildman–Crippen MR) is 69.7 cm³/mol. The lowest BCUT2D eigenvalue weighted by Gasteiger charge is -2.07. The number of hydrogen-bond acceptors (Lipinski definition) is 4. The average Bonchev–Trinajstić information content (AvgIpc) is 2.27. The van der Waals surface area contributed by atoms with Gasteiger partial charge in [0, 0.05) is 24.0 Å². The maximum absolute atomic E-state index is 5.63. The van der Waals surface area contributed by atoms with Crippen LogP contribution in [0.25, 0.3) is 0 Å². The first-order valence-corrected chi connectivity index (χ1v) is 5.54. The van der Waals surface area contributed by atoms with Crippen molar-refractivity contribution in [3.8, 4) is 0 Å². The Balaban J connectivity index is 2.04. The third kappa shape index (κ3) is 3.17. The van der Waals surface area contributed by atoms with E-state index in [0.29, 0.717) is 0 Å². The molecule has 4 nitrogen and oxygen atoms in total. The summed E-state index contributed by atoms with van der Waals surface area (Å²) in [6.45, 7) is 4.58. The first kappa shape index (κ1) is 11.4. The van der Waals surface area contributed by atoms with Crippen LogP contribution in [0, 0.1) is 13.8 Å². The minimum absolute atomic E-state index is 0.732. The van der Waals surface area contributed by atoms with Crippen LogP contribution in [0.2, 0.25) is 0 Å². The zero-order valence-corrected chi connectivity index (χ0v) is 10.1. The molecule has 0 aliphatic heterocycles. The van der Waals surface area contributed by atoms with Crippen molar-refractivity contribution in [2.24, 2.45) is 0 Å². The zero-order valence-electron chi connectivity index (χ0n) is 10.1. The SMILES string of the molecule is Cc1cc(NCc2ccc(N)cc2)nc(C)n1. The first-order valence-electron chi connectivity index (χ1n) is 5.54. The molecular weight excluding hydrogens is 212 g/mol. The monoisotopic (exact) mass is 228 g/mol.